The van der Waals surface area contributed by atoms with Gasteiger partial charge in [-0.15, -0.1) is 0 Å². The van der Waals surface area contributed by atoms with Crippen molar-refractivity contribution in [2.45, 2.75) is 89.1 Å². The molecule has 2 N–H and O–H groups in total. The van der Waals surface area contributed by atoms with Crippen molar-refractivity contribution in [1.29, 1.82) is 0 Å². The SMILES string of the molecule is C=C1/C(=C\C=C2/CCC[C@@]3(C)C2CCC3[C@H]2C=C[C@H](C3CC3)O2)C[C@@H](O)C[C@@H]1O. The van der Waals surface area contributed by atoms with Crippen molar-refractivity contribution in [3.05, 3.63) is 47.6 Å². The highest BCUT2D eigenvalue weighted by atomic mass is 16.5. The van der Waals surface area contributed by atoms with Gasteiger partial charge in [0.1, 0.15) is 0 Å². The number of fused-ring (bicyclic) bond motifs is 1. The van der Waals surface area contributed by atoms with E-state index < -0.39 is 12.2 Å². The first kappa shape index (κ1) is 19.8. The Balaban J connectivity index is 1.33. The van der Waals surface area contributed by atoms with E-state index in [-0.39, 0.29) is 0 Å². The van der Waals surface area contributed by atoms with Gasteiger partial charge < -0.3 is 14.9 Å². The molecule has 158 valence electrons. The summed E-state index contributed by atoms with van der Waals surface area (Å²) in [5.41, 5.74) is 3.67. The van der Waals surface area contributed by atoms with Crippen LogP contribution in [0.25, 0.3) is 0 Å². The molecule has 29 heavy (non-hydrogen) atoms. The summed E-state index contributed by atoms with van der Waals surface area (Å²) in [6.07, 6.45) is 18.7. The van der Waals surface area contributed by atoms with Crippen molar-refractivity contribution >= 4 is 0 Å². The molecule has 0 saturated heterocycles. The molecule has 4 aliphatic carbocycles. The van der Waals surface area contributed by atoms with Crippen LogP contribution in [0.2, 0.25) is 0 Å². The summed E-state index contributed by atoms with van der Waals surface area (Å²) in [6.45, 7) is 6.57. The molecule has 2 unspecified atom stereocenters. The Hall–Kier alpha value is -1.16. The number of aliphatic hydroxyl groups is 2. The van der Waals surface area contributed by atoms with Crippen LogP contribution in [0, 0.1) is 23.2 Å². The van der Waals surface area contributed by atoms with E-state index in [4.69, 9.17) is 4.74 Å². The normalized spacial score (nSPS) is 47.9. The zero-order valence-corrected chi connectivity index (χ0v) is 17.7. The Labute approximate surface area is 175 Å². The molecule has 7 atom stereocenters. The molecule has 0 bridgehead atoms. The second-order valence-electron chi connectivity index (χ2n) is 10.5. The Morgan fingerprint density at radius 2 is 1.90 bits per heavy atom. The van der Waals surface area contributed by atoms with Gasteiger partial charge in [-0.1, -0.05) is 43.4 Å². The fourth-order valence-corrected chi connectivity index (χ4v) is 6.70. The quantitative estimate of drug-likeness (QED) is 0.670. The van der Waals surface area contributed by atoms with Gasteiger partial charge in [0.25, 0.3) is 0 Å². The molecule has 3 nitrogen and oxygen atoms in total. The van der Waals surface area contributed by atoms with Gasteiger partial charge in [0, 0.05) is 6.42 Å². The molecule has 5 aliphatic rings. The molecule has 1 aliphatic heterocycles. The first-order valence-electron chi connectivity index (χ1n) is 11.7. The maximum absolute atomic E-state index is 10.1. The van der Waals surface area contributed by atoms with Crippen LogP contribution in [0.5, 0.6) is 0 Å². The molecule has 4 fully saturated rings. The van der Waals surface area contributed by atoms with E-state index in [2.05, 4.69) is 37.8 Å². The van der Waals surface area contributed by atoms with Crippen molar-refractivity contribution in [3.8, 4) is 0 Å². The van der Waals surface area contributed by atoms with Crippen LogP contribution in [-0.4, -0.2) is 34.6 Å². The third-order valence-corrected chi connectivity index (χ3v) is 8.59. The highest BCUT2D eigenvalue weighted by Crippen LogP contribution is 2.59. The molecule has 4 saturated carbocycles. The van der Waals surface area contributed by atoms with E-state index in [0.29, 0.717) is 42.3 Å². The lowest BCUT2D eigenvalue weighted by atomic mass is 9.62. The molecular formula is C26H36O3. The van der Waals surface area contributed by atoms with Crippen molar-refractivity contribution in [2.24, 2.45) is 23.2 Å². The lowest BCUT2D eigenvalue weighted by Gasteiger charge is -2.44. The fraction of sp³-hybridized carbons (Fsp3) is 0.692. The molecule has 0 aromatic carbocycles. The predicted molar refractivity (Wildman–Crippen MR) is 115 cm³/mol. The predicted octanol–water partition coefficient (Wildman–Crippen LogP) is 4.86. The Morgan fingerprint density at radius 1 is 1.10 bits per heavy atom. The first-order valence-corrected chi connectivity index (χ1v) is 11.7. The van der Waals surface area contributed by atoms with Gasteiger partial charge in [-0.25, -0.2) is 0 Å². The molecule has 0 spiro atoms. The van der Waals surface area contributed by atoms with Gasteiger partial charge in [0.15, 0.2) is 0 Å². The van der Waals surface area contributed by atoms with E-state index in [0.717, 1.165) is 17.1 Å². The zero-order valence-electron chi connectivity index (χ0n) is 17.7. The lowest BCUT2D eigenvalue weighted by molar-refractivity contribution is -0.0259. The Bertz CT molecular complexity index is 758. The summed E-state index contributed by atoms with van der Waals surface area (Å²) in [5.74, 6) is 2.03. The Morgan fingerprint density at radius 3 is 2.69 bits per heavy atom. The maximum atomic E-state index is 10.1. The van der Waals surface area contributed by atoms with Gasteiger partial charge in [0.2, 0.25) is 0 Å². The van der Waals surface area contributed by atoms with Gasteiger partial charge in [-0.2, -0.15) is 0 Å². The number of rotatable bonds is 3. The van der Waals surface area contributed by atoms with Crippen LogP contribution in [-0.2, 0) is 4.74 Å². The summed E-state index contributed by atoms with van der Waals surface area (Å²) >= 11 is 0. The zero-order chi connectivity index (χ0) is 20.2. The number of hydrogen-bond acceptors (Lipinski definition) is 3. The van der Waals surface area contributed by atoms with Crippen LogP contribution < -0.4 is 0 Å². The monoisotopic (exact) mass is 396 g/mol. The second kappa shape index (κ2) is 7.51. The van der Waals surface area contributed by atoms with Crippen LogP contribution in [0.4, 0.5) is 0 Å². The van der Waals surface area contributed by atoms with Crippen LogP contribution in [0.3, 0.4) is 0 Å². The molecule has 5 rings (SSSR count). The molecule has 1 heterocycles. The summed E-state index contributed by atoms with van der Waals surface area (Å²) in [6, 6.07) is 0. The minimum absolute atomic E-state index is 0.303. The fourth-order valence-electron chi connectivity index (χ4n) is 6.70. The van der Waals surface area contributed by atoms with Crippen LogP contribution in [0.1, 0.15) is 64.7 Å². The molecule has 0 aromatic rings. The standard InChI is InChI=1S/C26H36O3/c1-16-19(14-20(27)15-23(16)28)8-5-17-4-3-13-26(2)21(17)9-10-22(26)25-12-11-24(29-25)18-6-7-18/h5,8,11-12,18,20-25,27-28H,1,3-4,6-7,9-10,13-15H2,2H3/b17-5+,19-8-/t20-,21?,22?,23+,24-,25-,26+/m1/s1. The third-order valence-electron chi connectivity index (χ3n) is 8.59. The Kier molecular flexibility index (Phi) is 5.13. The number of hydrogen-bond donors (Lipinski definition) is 2. The smallest absolute Gasteiger partial charge is 0.0811 e. The van der Waals surface area contributed by atoms with Crippen molar-refractivity contribution in [1.82, 2.24) is 0 Å². The number of allylic oxidation sites excluding steroid dienone is 3. The summed E-state index contributed by atoms with van der Waals surface area (Å²) in [4.78, 5) is 0. The maximum Gasteiger partial charge on any atom is 0.0811 e. The van der Waals surface area contributed by atoms with E-state index in [1.165, 1.54) is 44.9 Å². The molecular weight excluding hydrogens is 360 g/mol. The number of ether oxygens (including phenoxy) is 1. The van der Waals surface area contributed by atoms with Crippen LogP contribution >= 0.6 is 0 Å². The van der Waals surface area contributed by atoms with E-state index >= 15 is 0 Å². The minimum atomic E-state index is -0.610. The molecule has 0 radical (unpaired) electrons. The largest absolute Gasteiger partial charge is 0.393 e. The summed E-state index contributed by atoms with van der Waals surface area (Å²) in [7, 11) is 0. The average Bonchev–Trinajstić information content (AvgIpc) is 3.31. The molecule has 3 heteroatoms. The van der Waals surface area contributed by atoms with E-state index in [1.54, 1.807) is 5.57 Å². The number of aliphatic hydroxyl groups excluding tert-OH is 2. The van der Waals surface area contributed by atoms with Crippen molar-refractivity contribution in [2.75, 3.05) is 0 Å². The topological polar surface area (TPSA) is 49.7 Å². The van der Waals surface area contributed by atoms with Gasteiger partial charge in [0.05, 0.1) is 24.4 Å². The van der Waals surface area contributed by atoms with Crippen LogP contribution in [0.15, 0.2) is 47.6 Å². The van der Waals surface area contributed by atoms with Gasteiger partial charge in [-0.05, 0) is 85.7 Å². The highest BCUT2D eigenvalue weighted by molar-refractivity contribution is 5.38. The lowest BCUT2D eigenvalue weighted by Crippen LogP contribution is -2.38. The van der Waals surface area contributed by atoms with Gasteiger partial charge in [-0.3, -0.25) is 0 Å². The van der Waals surface area contributed by atoms with Crippen molar-refractivity contribution < 1.29 is 14.9 Å². The first-order chi connectivity index (χ1) is 14.0. The van der Waals surface area contributed by atoms with E-state index in [1.807, 2.05) is 0 Å². The summed E-state index contributed by atoms with van der Waals surface area (Å²) < 4.78 is 6.50. The van der Waals surface area contributed by atoms with E-state index in [9.17, 15) is 10.2 Å². The summed E-state index contributed by atoms with van der Waals surface area (Å²) in [5, 5.41) is 20.2. The van der Waals surface area contributed by atoms with Crippen molar-refractivity contribution in [3.63, 3.8) is 0 Å². The van der Waals surface area contributed by atoms with Gasteiger partial charge >= 0.3 is 0 Å². The highest BCUT2D eigenvalue weighted by Gasteiger charge is 2.53. The molecule has 0 aromatic heterocycles. The molecule has 0 amide bonds. The minimum Gasteiger partial charge on any atom is -0.393 e. The third kappa shape index (κ3) is 3.60. The average molecular weight is 397 g/mol. The second-order valence-corrected chi connectivity index (χ2v) is 10.5.